The fourth-order valence-corrected chi connectivity index (χ4v) is 1.82. The monoisotopic (exact) mass is 210 g/mol. The smallest absolute Gasteiger partial charge is 0.263 e. The first kappa shape index (κ1) is 10.8. The van der Waals surface area contributed by atoms with Crippen LogP contribution in [-0.4, -0.2) is 11.9 Å². The van der Waals surface area contributed by atoms with Crippen molar-refractivity contribution in [3.8, 4) is 0 Å². The molecule has 1 heterocycles. The van der Waals surface area contributed by atoms with Gasteiger partial charge in [-0.25, -0.2) is 0 Å². The zero-order chi connectivity index (χ0) is 10.6. The van der Waals surface area contributed by atoms with Gasteiger partial charge < -0.3 is 11.1 Å². The summed E-state index contributed by atoms with van der Waals surface area (Å²) in [5, 5.41) is 4.65. The number of carbonyl (C=O) groups is 1. The molecule has 1 unspecified atom stereocenters. The number of nitrogens with one attached hydrogen (secondary N) is 1. The molecule has 1 amide bonds. The average Bonchev–Trinajstić information content (AvgIpc) is 2.51. The molecule has 0 saturated heterocycles. The van der Waals surface area contributed by atoms with Crippen molar-refractivity contribution in [3.05, 3.63) is 29.0 Å². The molecule has 0 aliphatic heterocycles. The van der Waals surface area contributed by atoms with Gasteiger partial charge in [-0.05, 0) is 24.8 Å². The third kappa shape index (κ3) is 2.60. The third-order valence-corrected chi connectivity index (χ3v) is 2.73. The third-order valence-electron chi connectivity index (χ3n) is 1.80. The molecule has 3 N–H and O–H groups in total. The number of nitrogen functional groups attached to an aromatic ring is 1. The van der Waals surface area contributed by atoms with Crippen LogP contribution in [0.4, 0.5) is 5.69 Å². The lowest BCUT2D eigenvalue weighted by molar-refractivity contribution is 0.0945. The number of rotatable bonds is 4. The number of hydrogen-bond acceptors (Lipinski definition) is 3. The van der Waals surface area contributed by atoms with Crippen molar-refractivity contribution in [3.63, 3.8) is 0 Å². The first-order chi connectivity index (χ1) is 6.65. The minimum Gasteiger partial charge on any atom is -0.397 e. The summed E-state index contributed by atoms with van der Waals surface area (Å²) < 4.78 is 0. The van der Waals surface area contributed by atoms with Gasteiger partial charge in [0, 0.05) is 6.04 Å². The molecule has 0 aliphatic rings. The molecular weight excluding hydrogens is 196 g/mol. The standard InChI is InChI=1S/C10H14N2OS/c1-3-4-7(2)12-10(13)9-8(11)5-6-14-9/h3,5-7H,1,4,11H2,2H3,(H,12,13). The molecule has 1 aromatic rings. The summed E-state index contributed by atoms with van der Waals surface area (Å²) in [4.78, 5) is 12.2. The average molecular weight is 210 g/mol. The van der Waals surface area contributed by atoms with Crippen LogP contribution in [0.15, 0.2) is 24.1 Å². The summed E-state index contributed by atoms with van der Waals surface area (Å²) in [6, 6.07) is 1.83. The lowest BCUT2D eigenvalue weighted by Gasteiger charge is -2.10. The van der Waals surface area contributed by atoms with E-state index >= 15 is 0 Å². The van der Waals surface area contributed by atoms with E-state index in [0.717, 1.165) is 6.42 Å². The second-order valence-corrected chi connectivity index (χ2v) is 4.02. The number of amides is 1. The molecule has 3 nitrogen and oxygen atoms in total. The zero-order valence-electron chi connectivity index (χ0n) is 8.12. The number of thiophene rings is 1. The normalized spacial score (nSPS) is 12.1. The Labute approximate surface area is 87.6 Å². The van der Waals surface area contributed by atoms with Gasteiger partial charge in [-0.1, -0.05) is 6.08 Å². The Morgan fingerprint density at radius 3 is 3.07 bits per heavy atom. The Balaban J connectivity index is 2.59. The number of carbonyl (C=O) groups excluding carboxylic acids is 1. The first-order valence-corrected chi connectivity index (χ1v) is 5.28. The second-order valence-electron chi connectivity index (χ2n) is 3.10. The van der Waals surface area contributed by atoms with Gasteiger partial charge in [0.25, 0.3) is 5.91 Å². The molecule has 14 heavy (non-hydrogen) atoms. The van der Waals surface area contributed by atoms with Crippen molar-refractivity contribution in [1.82, 2.24) is 5.32 Å². The first-order valence-electron chi connectivity index (χ1n) is 4.40. The van der Waals surface area contributed by atoms with Crippen LogP contribution in [-0.2, 0) is 0 Å². The Morgan fingerprint density at radius 1 is 1.86 bits per heavy atom. The van der Waals surface area contributed by atoms with Crippen LogP contribution in [0.25, 0.3) is 0 Å². The maximum absolute atomic E-state index is 11.6. The quantitative estimate of drug-likeness (QED) is 0.747. The summed E-state index contributed by atoms with van der Waals surface area (Å²) in [5.41, 5.74) is 6.16. The SMILES string of the molecule is C=CCC(C)NC(=O)c1sccc1N. The zero-order valence-corrected chi connectivity index (χ0v) is 8.93. The molecule has 1 rings (SSSR count). The van der Waals surface area contributed by atoms with Crippen LogP contribution in [0, 0.1) is 0 Å². The van der Waals surface area contributed by atoms with Crippen molar-refractivity contribution in [2.45, 2.75) is 19.4 Å². The van der Waals surface area contributed by atoms with E-state index in [2.05, 4.69) is 11.9 Å². The molecule has 0 aliphatic carbocycles. The minimum atomic E-state index is -0.105. The highest BCUT2D eigenvalue weighted by atomic mass is 32.1. The van der Waals surface area contributed by atoms with E-state index in [1.165, 1.54) is 11.3 Å². The van der Waals surface area contributed by atoms with Crippen molar-refractivity contribution < 1.29 is 4.79 Å². The highest BCUT2D eigenvalue weighted by Gasteiger charge is 2.12. The summed E-state index contributed by atoms with van der Waals surface area (Å²) in [6.07, 6.45) is 2.54. The largest absolute Gasteiger partial charge is 0.397 e. The van der Waals surface area contributed by atoms with Crippen LogP contribution in [0.3, 0.4) is 0 Å². The fourth-order valence-electron chi connectivity index (χ4n) is 1.10. The molecule has 0 radical (unpaired) electrons. The van der Waals surface area contributed by atoms with Crippen LogP contribution in [0.1, 0.15) is 23.0 Å². The Hall–Kier alpha value is -1.29. The number of anilines is 1. The van der Waals surface area contributed by atoms with Gasteiger partial charge in [0.05, 0.1) is 5.69 Å². The highest BCUT2D eigenvalue weighted by molar-refractivity contribution is 7.12. The van der Waals surface area contributed by atoms with Crippen LogP contribution in [0.5, 0.6) is 0 Å². The molecule has 0 bridgehead atoms. The fraction of sp³-hybridized carbons (Fsp3) is 0.300. The lowest BCUT2D eigenvalue weighted by Crippen LogP contribution is -2.31. The molecule has 1 atom stereocenters. The minimum absolute atomic E-state index is 0.0986. The van der Waals surface area contributed by atoms with Gasteiger partial charge in [-0.15, -0.1) is 17.9 Å². The Kier molecular flexibility index (Phi) is 3.71. The van der Waals surface area contributed by atoms with E-state index in [9.17, 15) is 4.79 Å². The van der Waals surface area contributed by atoms with E-state index in [1.54, 1.807) is 12.1 Å². The molecule has 0 fully saturated rings. The van der Waals surface area contributed by atoms with E-state index < -0.39 is 0 Å². The van der Waals surface area contributed by atoms with Gasteiger partial charge in [0.2, 0.25) is 0 Å². The topological polar surface area (TPSA) is 55.1 Å². The van der Waals surface area contributed by atoms with E-state index in [1.807, 2.05) is 12.3 Å². The van der Waals surface area contributed by atoms with Gasteiger partial charge in [0.1, 0.15) is 4.88 Å². The van der Waals surface area contributed by atoms with E-state index in [4.69, 9.17) is 5.73 Å². The van der Waals surface area contributed by atoms with Crippen LogP contribution in [0.2, 0.25) is 0 Å². The summed E-state index contributed by atoms with van der Waals surface area (Å²) in [7, 11) is 0. The predicted molar refractivity (Wildman–Crippen MR) is 60.5 cm³/mol. The number of nitrogens with two attached hydrogens (primary N) is 1. The summed E-state index contributed by atoms with van der Waals surface area (Å²) >= 11 is 1.35. The summed E-state index contributed by atoms with van der Waals surface area (Å²) in [6.45, 7) is 5.55. The van der Waals surface area contributed by atoms with E-state index in [-0.39, 0.29) is 11.9 Å². The van der Waals surface area contributed by atoms with Crippen molar-refractivity contribution >= 4 is 22.9 Å². The molecule has 4 heteroatoms. The van der Waals surface area contributed by atoms with Gasteiger partial charge >= 0.3 is 0 Å². The second kappa shape index (κ2) is 4.81. The lowest BCUT2D eigenvalue weighted by atomic mass is 10.2. The van der Waals surface area contributed by atoms with E-state index in [0.29, 0.717) is 10.6 Å². The Morgan fingerprint density at radius 2 is 2.57 bits per heavy atom. The van der Waals surface area contributed by atoms with Crippen LogP contribution < -0.4 is 11.1 Å². The molecule has 76 valence electrons. The molecular formula is C10H14N2OS. The van der Waals surface area contributed by atoms with Gasteiger partial charge in [-0.3, -0.25) is 4.79 Å². The molecule has 1 aromatic heterocycles. The van der Waals surface area contributed by atoms with Gasteiger partial charge in [0.15, 0.2) is 0 Å². The molecule has 0 aromatic carbocycles. The molecule has 0 saturated carbocycles. The number of hydrogen-bond donors (Lipinski definition) is 2. The van der Waals surface area contributed by atoms with Crippen molar-refractivity contribution in [1.29, 1.82) is 0 Å². The highest BCUT2D eigenvalue weighted by Crippen LogP contribution is 2.18. The maximum atomic E-state index is 11.6. The summed E-state index contributed by atoms with van der Waals surface area (Å²) in [5.74, 6) is -0.105. The Bertz CT molecular complexity index is 333. The van der Waals surface area contributed by atoms with Crippen molar-refractivity contribution in [2.75, 3.05) is 5.73 Å². The molecule has 0 spiro atoms. The van der Waals surface area contributed by atoms with Gasteiger partial charge in [-0.2, -0.15) is 0 Å². The van der Waals surface area contributed by atoms with Crippen LogP contribution >= 0.6 is 11.3 Å². The predicted octanol–water partition coefficient (Wildman–Crippen LogP) is 2.02. The maximum Gasteiger partial charge on any atom is 0.263 e. The van der Waals surface area contributed by atoms with Crippen molar-refractivity contribution in [2.24, 2.45) is 0 Å².